The van der Waals surface area contributed by atoms with Gasteiger partial charge in [-0.05, 0) is 210 Å². The van der Waals surface area contributed by atoms with Crippen LogP contribution >= 0.6 is 11.1 Å². The summed E-state index contributed by atoms with van der Waals surface area (Å²) in [6.45, 7) is 36.3. The number of aryl methyl sites for hydroxylation is 2. The molecule has 6 unspecified atom stereocenters. The van der Waals surface area contributed by atoms with E-state index in [1.54, 1.807) is 29.8 Å². The molecule has 79 heavy (non-hydrogen) atoms. The molecule has 3 N–H and O–H groups in total. The molecule has 0 aliphatic heterocycles. The third kappa shape index (κ3) is 12.5. The molecule has 8 aliphatic carbocycles. The van der Waals surface area contributed by atoms with E-state index >= 15 is 0 Å². The summed E-state index contributed by atoms with van der Waals surface area (Å²) in [4.78, 5) is 5.66. The van der Waals surface area contributed by atoms with Crippen LogP contribution in [0, 0.1) is 71.0 Å². The maximum absolute atomic E-state index is 12.9. The van der Waals surface area contributed by atoms with Gasteiger partial charge in [0.05, 0.1) is 15.9 Å². The quantitative estimate of drug-likeness (QED) is 0.104. The third-order valence-corrected chi connectivity index (χ3v) is 35.2. The van der Waals surface area contributed by atoms with E-state index in [4.69, 9.17) is 15.5 Å². The average Bonchev–Trinajstić information content (AvgIpc) is 3.87. The molecule has 8 aliphatic rings. The number of hydrogen-bond donors (Lipinski definition) is 3. The number of rotatable bonds is 8. The predicted molar refractivity (Wildman–Crippen MR) is 332 cm³/mol. The lowest BCUT2D eigenvalue weighted by Crippen LogP contribution is -2.52. The van der Waals surface area contributed by atoms with Gasteiger partial charge in [-0.2, -0.15) is 38.1 Å². The number of nitrogens with one attached hydrogen (secondary N) is 2. The van der Waals surface area contributed by atoms with Crippen LogP contribution < -0.4 is 9.66 Å². The number of nitrogens with zero attached hydrogens (tertiary/aromatic N) is 2. The standard InChI is InChI=1S/C32H50N2O3SSi.C26H36N2O3S.C6H15ClSi/c1-22-9-12-25(13-10-22)38(35,36)34-33-29-16-15-27-26-14-11-23-21-24(37-39(7,8)30(2,3)4)17-19-31(23,5)28(26)18-20-32(27,29)6;1-17-4-7-20(8-5-17)32(30,31)28-27-24-11-10-22-21-9-6-18-16-19(29)12-14-25(18,2)23(21)13-15-26(22,24)3;1-6(2,3)8(4,5)7/h9-13,24,26-28,34H,14-21H2,1-8H3;4-8,19,21-23,28-29H,9-16H2,1-3H3;1-5H3/b33-29+;27-24+;/t24-,26?,27?,28?,31-,32-;19-,21?,22?,23?,25-,26-;/m00./s1. The van der Waals surface area contributed by atoms with E-state index in [-0.39, 0.29) is 42.6 Å². The highest BCUT2D eigenvalue weighted by Gasteiger charge is 2.60. The Morgan fingerprint density at radius 2 is 0.937 bits per heavy atom. The SMILES string of the molecule is CC(C)(C)[Si](C)(C)Cl.Cc1ccc(S(=O)(=O)N/N=C2\CCC3C4CC=C5C[C@@H](O)CC[C@]5(C)C4CC[C@]23C)cc1.Cc1ccc(S(=O)(=O)N/N=C2\CCC3C4CC=C5C[C@@H](O[Si](C)(C)C(C)(C)C)CC[C@]5(C)C4CC[C@]23C)cc1. The number of aliphatic hydroxyl groups is 1. The van der Waals surface area contributed by atoms with Crippen LogP contribution in [0.3, 0.4) is 0 Å². The largest absolute Gasteiger partial charge is 0.414 e. The number of benzene rings is 2. The highest BCUT2D eigenvalue weighted by atomic mass is 35.6. The van der Waals surface area contributed by atoms with Gasteiger partial charge in [0.1, 0.15) is 0 Å². The Balaban J connectivity index is 0.000000185. The second-order valence-corrected chi connectivity index (χ2v) is 45.2. The minimum Gasteiger partial charge on any atom is -0.414 e. The number of hydrazone groups is 2. The van der Waals surface area contributed by atoms with Gasteiger partial charge in [0.2, 0.25) is 0 Å². The van der Waals surface area contributed by atoms with Crippen molar-refractivity contribution in [3.63, 3.8) is 0 Å². The van der Waals surface area contributed by atoms with Crippen molar-refractivity contribution in [2.75, 3.05) is 0 Å². The van der Waals surface area contributed by atoms with Gasteiger partial charge in [-0.15, -0.1) is 0 Å². The fraction of sp³-hybridized carbons (Fsp3) is 0.719. The topological polar surface area (TPSA) is 147 Å². The van der Waals surface area contributed by atoms with Crippen molar-refractivity contribution in [1.29, 1.82) is 0 Å². The molecule has 0 spiro atoms. The molecule has 2 aromatic carbocycles. The van der Waals surface area contributed by atoms with E-state index in [9.17, 15) is 21.9 Å². The zero-order valence-electron chi connectivity index (χ0n) is 51.3. The highest BCUT2D eigenvalue weighted by molar-refractivity contribution is 7.89. The Bertz CT molecular complexity index is 2890. The maximum atomic E-state index is 12.9. The van der Waals surface area contributed by atoms with Crippen LogP contribution in [0.4, 0.5) is 0 Å². The Morgan fingerprint density at radius 1 is 0.570 bits per heavy atom. The van der Waals surface area contributed by atoms with Gasteiger partial charge < -0.3 is 9.53 Å². The molecule has 0 bridgehead atoms. The van der Waals surface area contributed by atoms with Crippen LogP contribution in [0.1, 0.15) is 183 Å². The zero-order chi connectivity index (χ0) is 58.2. The number of aliphatic hydroxyl groups excluding tert-OH is 1. The van der Waals surface area contributed by atoms with Crippen LogP contribution in [0.2, 0.25) is 36.3 Å². The van der Waals surface area contributed by atoms with Crippen LogP contribution in [0.25, 0.3) is 0 Å². The molecule has 440 valence electrons. The molecule has 0 radical (unpaired) electrons. The van der Waals surface area contributed by atoms with Gasteiger partial charge in [0.15, 0.2) is 15.7 Å². The first-order chi connectivity index (χ1) is 36.4. The first-order valence-corrected chi connectivity index (χ1v) is 40.1. The molecule has 6 saturated carbocycles. The van der Waals surface area contributed by atoms with Gasteiger partial charge in [0.25, 0.3) is 20.0 Å². The lowest BCUT2D eigenvalue weighted by atomic mass is 9.48. The second-order valence-electron chi connectivity index (χ2n) is 29.8. The summed E-state index contributed by atoms with van der Waals surface area (Å²) in [7, 11) is -10.5. The van der Waals surface area contributed by atoms with Crippen LogP contribution in [-0.2, 0) is 24.5 Å². The van der Waals surface area contributed by atoms with E-state index in [1.165, 1.54) is 24.8 Å². The molecule has 2 aromatic rings. The Morgan fingerprint density at radius 3 is 1.33 bits per heavy atom. The summed E-state index contributed by atoms with van der Waals surface area (Å²) in [6, 6.07) is 13.9. The van der Waals surface area contributed by atoms with E-state index in [0.717, 1.165) is 106 Å². The zero-order valence-corrected chi connectivity index (χ0v) is 55.7. The van der Waals surface area contributed by atoms with Crippen molar-refractivity contribution in [1.82, 2.24) is 9.66 Å². The number of halogens is 1. The van der Waals surface area contributed by atoms with Crippen LogP contribution in [-0.4, -0.2) is 61.3 Å². The fourth-order valence-electron chi connectivity index (χ4n) is 15.7. The Kier molecular flexibility index (Phi) is 17.7. The maximum Gasteiger partial charge on any atom is 0.276 e. The Labute approximate surface area is 485 Å². The average molecular weight is 1180 g/mol. The van der Waals surface area contributed by atoms with Crippen molar-refractivity contribution < 1.29 is 26.4 Å². The lowest BCUT2D eigenvalue weighted by Gasteiger charge is -2.57. The predicted octanol–water partition coefficient (Wildman–Crippen LogP) is 16.2. The molecule has 0 heterocycles. The molecule has 12 atom stereocenters. The number of allylic oxidation sites excluding steroid dienone is 2. The summed E-state index contributed by atoms with van der Waals surface area (Å²) in [5.41, 5.74) is 7.71. The van der Waals surface area contributed by atoms with E-state index in [1.807, 2.05) is 38.1 Å². The molecule has 10 nitrogen and oxygen atoms in total. The first kappa shape index (κ1) is 62.4. The fourth-order valence-corrected chi connectivity index (χ4v) is 18.7. The summed E-state index contributed by atoms with van der Waals surface area (Å²) in [5.74, 6) is 3.75. The molecule has 10 rings (SSSR count). The number of sulfonamides is 2. The minimum absolute atomic E-state index is 0.0265. The van der Waals surface area contributed by atoms with E-state index < -0.39 is 35.7 Å². The molecular formula is C64H101ClN4O6S2Si2. The lowest BCUT2D eigenvalue weighted by molar-refractivity contribution is -0.0209. The first-order valence-electron chi connectivity index (χ1n) is 30.2. The van der Waals surface area contributed by atoms with Gasteiger partial charge in [-0.25, -0.2) is 9.66 Å². The Hall–Kier alpha value is -2.60. The molecule has 6 fully saturated rings. The molecule has 0 amide bonds. The van der Waals surface area contributed by atoms with Crippen molar-refractivity contribution in [2.45, 2.75) is 244 Å². The molecule has 15 heteroatoms. The van der Waals surface area contributed by atoms with Gasteiger partial charge in [-0.1, -0.05) is 141 Å². The third-order valence-electron chi connectivity index (χ3n) is 22.9. The van der Waals surface area contributed by atoms with Crippen molar-refractivity contribution in [3.05, 3.63) is 83.0 Å². The summed E-state index contributed by atoms with van der Waals surface area (Å²) in [6.07, 6.45) is 22.2. The summed E-state index contributed by atoms with van der Waals surface area (Å²) >= 11 is 6.15. The normalized spacial score (nSPS) is 35.6. The van der Waals surface area contributed by atoms with Gasteiger partial charge >= 0.3 is 0 Å². The van der Waals surface area contributed by atoms with Crippen LogP contribution in [0.5, 0.6) is 0 Å². The molecule has 0 aromatic heterocycles. The minimum atomic E-state index is -3.66. The molecular weight excluding hydrogens is 1080 g/mol. The van der Waals surface area contributed by atoms with Crippen LogP contribution in [0.15, 0.2) is 91.8 Å². The molecule has 0 saturated heterocycles. The summed E-state index contributed by atoms with van der Waals surface area (Å²) < 4.78 is 58.3. The number of hydrogen-bond acceptors (Lipinski definition) is 8. The summed E-state index contributed by atoms with van der Waals surface area (Å²) in [5, 5.41) is 19.9. The highest BCUT2D eigenvalue weighted by Crippen LogP contribution is 2.66. The monoisotopic (exact) mass is 1180 g/mol. The van der Waals surface area contributed by atoms with Crippen molar-refractivity contribution in [2.24, 2.45) is 67.4 Å². The number of fused-ring (bicyclic) bond motifs is 10. The van der Waals surface area contributed by atoms with Crippen molar-refractivity contribution >= 4 is 58.2 Å². The smallest absolute Gasteiger partial charge is 0.276 e. The van der Waals surface area contributed by atoms with Crippen molar-refractivity contribution in [3.8, 4) is 0 Å². The van der Waals surface area contributed by atoms with E-state index in [2.05, 4.69) is 127 Å². The second kappa shape index (κ2) is 22.4. The van der Waals surface area contributed by atoms with E-state index in [0.29, 0.717) is 46.6 Å². The van der Waals surface area contributed by atoms with Gasteiger partial charge in [0, 0.05) is 28.4 Å². The van der Waals surface area contributed by atoms with Gasteiger partial charge in [-0.3, -0.25) is 0 Å².